The number of carbonyl (C=O) groups is 2. The topological polar surface area (TPSA) is 97.6 Å². The van der Waals surface area contributed by atoms with Crippen molar-refractivity contribution in [2.45, 2.75) is 56.0 Å². The molecule has 0 atom stereocenters. The molecular weight excluding hydrogens is 382 g/mol. The van der Waals surface area contributed by atoms with Gasteiger partial charge >= 0.3 is 0 Å². The van der Waals surface area contributed by atoms with E-state index < -0.39 is 17.4 Å². The molecule has 4 rings (SSSR count). The first-order chi connectivity index (χ1) is 13.7. The van der Waals surface area contributed by atoms with Gasteiger partial charge in [-0.25, -0.2) is 15.4 Å². The average Bonchev–Trinajstić information content (AvgIpc) is 3.41. The summed E-state index contributed by atoms with van der Waals surface area (Å²) < 4.78 is 28.0. The van der Waals surface area contributed by atoms with Gasteiger partial charge in [0.05, 0.1) is 13.1 Å². The summed E-state index contributed by atoms with van der Waals surface area (Å²) in [4.78, 5) is 29.4. The number of carbonyl (C=O) groups excluding carboxylic acids is 2. The number of nitrogens with two attached hydrogens (primary N) is 1. The van der Waals surface area contributed by atoms with Crippen LogP contribution in [0.15, 0.2) is 6.20 Å². The van der Waals surface area contributed by atoms with Crippen molar-refractivity contribution in [1.29, 1.82) is 0 Å². The fourth-order valence-electron chi connectivity index (χ4n) is 4.37. The molecular formula is C19H24F2N6O2. The third-order valence-electron chi connectivity index (χ3n) is 6.30. The van der Waals surface area contributed by atoms with Crippen LogP contribution in [0, 0.1) is 12.5 Å². The number of likely N-dealkylation sites (tertiary alicyclic amines) is 1. The molecule has 1 saturated heterocycles. The van der Waals surface area contributed by atoms with Gasteiger partial charge in [-0.3, -0.25) is 19.2 Å². The van der Waals surface area contributed by atoms with Crippen LogP contribution in [0.25, 0.3) is 4.85 Å². The number of rotatable bonds is 6. The average molecular weight is 406 g/mol. The van der Waals surface area contributed by atoms with E-state index in [0.717, 1.165) is 12.8 Å². The molecule has 1 aromatic heterocycles. The summed E-state index contributed by atoms with van der Waals surface area (Å²) in [7, 11) is 0. The lowest BCUT2D eigenvalue weighted by Gasteiger charge is -2.47. The van der Waals surface area contributed by atoms with Gasteiger partial charge in [0, 0.05) is 18.2 Å². The molecule has 2 amide bonds. The van der Waals surface area contributed by atoms with Crippen molar-refractivity contribution >= 4 is 17.6 Å². The molecule has 3 N–H and O–H groups in total. The highest BCUT2D eigenvalue weighted by Gasteiger charge is 2.50. The van der Waals surface area contributed by atoms with Crippen LogP contribution < -0.4 is 11.1 Å². The quantitative estimate of drug-likeness (QED) is 0.705. The number of halogens is 2. The summed E-state index contributed by atoms with van der Waals surface area (Å²) in [5.41, 5.74) is 4.95. The molecule has 0 unspecified atom stereocenters. The number of primary amides is 1. The highest BCUT2D eigenvalue weighted by Crippen LogP contribution is 2.41. The van der Waals surface area contributed by atoms with E-state index in [4.69, 9.17) is 12.3 Å². The molecule has 2 saturated carbocycles. The zero-order valence-corrected chi connectivity index (χ0v) is 16.0. The minimum Gasteiger partial charge on any atom is -0.365 e. The van der Waals surface area contributed by atoms with Crippen LogP contribution >= 0.6 is 0 Å². The lowest BCUT2D eigenvalue weighted by atomic mass is 9.78. The van der Waals surface area contributed by atoms with Gasteiger partial charge < -0.3 is 15.9 Å². The molecule has 29 heavy (non-hydrogen) atoms. The highest BCUT2D eigenvalue weighted by atomic mass is 19.3. The van der Waals surface area contributed by atoms with Crippen LogP contribution in [0.5, 0.6) is 0 Å². The molecule has 2 heterocycles. The van der Waals surface area contributed by atoms with Crippen LogP contribution in [0.4, 0.5) is 14.6 Å². The maximum atomic E-state index is 13.2. The third kappa shape index (κ3) is 3.83. The summed E-state index contributed by atoms with van der Waals surface area (Å²) in [6, 6.07) is 0.0636. The number of alkyl halides is 2. The van der Waals surface area contributed by atoms with E-state index in [1.165, 1.54) is 6.20 Å². The first kappa shape index (κ1) is 19.8. The van der Waals surface area contributed by atoms with E-state index in [2.05, 4.69) is 15.3 Å². The van der Waals surface area contributed by atoms with Crippen molar-refractivity contribution in [2.75, 3.05) is 25.0 Å². The molecule has 3 fully saturated rings. The largest absolute Gasteiger partial charge is 0.365 e. The molecule has 1 aliphatic heterocycles. The second-order valence-corrected chi connectivity index (χ2v) is 8.50. The van der Waals surface area contributed by atoms with Crippen LogP contribution in [0.1, 0.15) is 48.9 Å². The first-order valence-corrected chi connectivity index (χ1v) is 9.89. The van der Waals surface area contributed by atoms with E-state index in [1.807, 2.05) is 0 Å². The van der Waals surface area contributed by atoms with Gasteiger partial charge in [0.15, 0.2) is 5.82 Å². The summed E-state index contributed by atoms with van der Waals surface area (Å²) in [6.45, 7) is 7.12. The van der Waals surface area contributed by atoms with Gasteiger partial charge in [0.25, 0.3) is 11.8 Å². The fourth-order valence-corrected chi connectivity index (χ4v) is 4.37. The van der Waals surface area contributed by atoms with Crippen LogP contribution in [-0.2, 0) is 10.3 Å². The molecule has 1 aromatic rings. The summed E-state index contributed by atoms with van der Waals surface area (Å²) in [5, 5.41) is 7.12. The lowest BCUT2D eigenvalue weighted by molar-refractivity contribution is -0.152. The highest BCUT2D eigenvalue weighted by molar-refractivity contribution is 6.02. The molecule has 0 radical (unpaired) electrons. The smallest absolute Gasteiger partial charge is 0.272 e. The monoisotopic (exact) mass is 406 g/mol. The molecule has 8 nitrogen and oxygen atoms in total. The van der Waals surface area contributed by atoms with Gasteiger partial charge in [0.2, 0.25) is 12.5 Å². The summed E-state index contributed by atoms with van der Waals surface area (Å²) in [6.07, 6.45) is 5.64. The zero-order valence-electron chi connectivity index (χ0n) is 16.0. The minimum absolute atomic E-state index is 0.0526. The lowest BCUT2D eigenvalue weighted by Crippen LogP contribution is -2.61. The Hall–Kier alpha value is -2.54. The Kier molecular flexibility index (Phi) is 4.81. The first-order valence-electron chi connectivity index (χ1n) is 9.89. The molecule has 0 spiro atoms. The normalized spacial score (nSPS) is 28.9. The maximum absolute atomic E-state index is 13.2. The van der Waals surface area contributed by atoms with Gasteiger partial charge in [-0.1, -0.05) is 0 Å². The molecule has 2 aliphatic carbocycles. The standard InChI is InChI=1S/C19H24F2N6O2/c1-23-9-18(6-4-13(5-7-18)26-10-19(20,21)11-26)27-8-14(15(22)28)16(25-27)24-17(29)12-2-3-12/h8,12-13H,2-7,9-11H2,(H2,22,28)(H,24,25,29). The van der Waals surface area contributed by atoms with Crippen molar-refractivity contribution in [3.8, 4) is 0 Å². The van der Waals surface area contributed by atoms with Crippen LogP contribution in [-0.4, -0.2) is 58.1 Å². The summed E-state index contributed by atoms with van der Waals surface area (Å²) >= 11 is 0. The van der Waals surface area contributed by atoms with Crippen molar-refractivity contribution < 1.29 is 18.4 Å². The van der Waals surface area contributed by atoms with Crippen molar-refractivity contribution in [3.63, 3.8) is 0 Å². The van der Waals surface area contributed by atoms with Gasteiger partial charge in [-0.05, 0) is 38.5 Å². The number of hydrogen-bond donors (Lipinski definition) is 2. The van der Waals surface area contributed by atoms with E-state index >= 15 is 0 Å². The second kappa shape index (κ2) is 7.06. The van der Waals surface area contributed by atoms with Gasteiger partial charge in [-0.15, -0.1) is 0 Å². The molecule has 0 aromatic carbocycles. The Morgan fingerprint density at radius 3 is 2.45 bits per heavy atom. The van der Waals surface area contributed by atoms with E-state index in [-0.39, 0.29) is 48.9 Å². The molecule has 3 aliphatic rings. The predicted molar refractivity (Wildman–Crippen MR) is 100 cm³/mol. The summed E-state index contributed by atoms with van der Waals surface area (Å²) in [5.74, 6) is -3.40. The van der Waals surface area contributed by atoms with Crippen LogP contribution in [0.3, 0.4) is 0 Å². The number of anilines is 1. The fraction of sp³-hybridized carbons (Fsp3) is 0.684. The van der Waals surface area contributed by atoms with Crippen LogP contribution in [0.2, 0.25) is 0 Å². The number of hydrogen-bond acceptors (Lipinski definition) is 4. The maximum Gasteiger partial charge on any atom is 0.272 e. The third-order valence-corrected chi connectivity index (χ3v) is 6.30. The molecule has 156 valence electrons. The van der Waals surface area contributed by atoms with Crippen molar-refractivity contribution in [3.05, 3.63) is 23.2 Å². The number of amides is 2. The Morgan fingerprint density at radius 1 is 1.28 bits per heavy atom. The predicted octanol–water partition coefficient (Wildman–Crippen LogP) is 1.84. The SMILES string of the molecule is [C-]#[N+]CC1(n2cc(C(N)=O)c(NC(=O)C3CC3)n2)CCC(N2CC(F)(F)C2)CC1. The zero-order chi connectivity index (χ0) is 20.8. The van der Waals surface area contributed by atoms with Crippen molar-refractivity contribution in [1.82, 2.24) is 14.7 Å². The molecule has 0 bridgehead atoms. The Bertz CT molecular complexity index is 857. The number of nitrogens with one attached hydrogen (secondary N) is 1. The van der Waals surface area contributed by atoms with Gasteiger partial charge in [0.1, 0.15) is 11.1 Å². The Balaban J connectivity index is 1.53. The Morgan fingerprint density at radius 2 is 1.93 bits per heavy atom. The van der Waals surface area contributed by atoms with E-state index in [1.54, 1.807) is 9.58 Å². The van der Waals surface area contributed by atoms with E-state index in [9.17, 15) is 18.4 Å². The van der Waals surface area contributed by atoms with E-state index in [0.29, 0.717) is 25.7 Å². The van der Waals surface area contributed by atoms with Gasteiger partial charge in [-0.2, -0.15) is 5.10 Å². The van der Waals surface area contributed by atoms with Crippen molar-refractivity contribution in [2.24, 2.45) is 11.7 Å². The number of aromatic nitrogens is 2. The molecule has 10 heteroatoms. The Labute approximate surface area is 167 Å². The second-order valence-electron chi connectivity index (χ2n) is 8.50. The number of nitrogens with zero attached hydrogens (tertiary/aromatic N) is 4. The minimum atomic E-state index is -2.60.